The van der Waals surface area contributed by atoms with Gasteiger partial charge in [-0.05, 0) is 59.1 Å². The molecule has 0 spiro atoms. The highest BCUT2D eigenvalue weighted by Gasteiger charge is 2.55. The Morgan fingerprint density at radius 1 is 0.976 bits per heavy atom. The van der Waals surface area contributed by atoms with E-state index in [4.69, 9.17) is 11.5 Å². The van der Waals surface area contributed by atoms with E-state index in [-0.39, 0.29) is 18.6 Å². The van der Waals surface area contributed by atoms with E-state index >= 15 is 0 Å². The van der Waals surface area contributed by atoms with Crippen LogP contribution < -0.4 is 16.8 Å². The number of primary amides is 1. The van der Waals surface area contributed by atoms with Gasteiger partial charge in [-0.25, -0.2) is 0 Å². The number of benzene rings is 2. The van der Waals surface area contributed by atoms with Crippen LogP contribution in [0.1, 0.15) is 56.9 Å². The lowest BCUT2D eigenvalue weighted by molar-refractivity contribution is -0.157. The highest BCUT2D eigenvalue weighted by molar-refractivity contribution is 5.98. The molecule has 41 heavy (non-hydrogen) atoms. The Balaban J connectivity index is 2.54. The quantitative estimate of drug-likeness (QED) is 0.342. The lowest BCUT2D eigenvalue weighted by Crippen LogP contribution is -2.70. The van der Waals surface area contributed by atoms with Crippen molar-refractivity contribution in [3.05, 3.63) is 64.7 Å². The van der Waals surface area contributed by atoms with Gasteiger partial charge in [0.1, 0.15) is 11.3 Å². The third kappa shape index (κ3) is 7.19. The smallest absolute Gasteiger partial charge is 0.416 e. The van der Waals surface area contributed by atoms with Crippen LogP contribution in [0.25, 0.3) is 0 Å². The molecule has 0 saturated carbocycles. The maximum absolute atomic E-state index is 13.7. The van der Waals surface area contributed by atoms with Crippen molar-refractivity contribution in [3.63, 3.8) is 0 Å². The molecule has 0 heterocycles. The molecule has 0 aliphatic heterocycles. The Bertz CT molecular complexity index is 1260. The van der Waals surface area contributed by atoms with E-state index in [2.05, 4.69) is 5.32 Å². The van der Waals surface area contributed by atoms with Crippen molar-refractivity contribution in [2.24, 2.45) is 23.3 Å². The fraction of sp³-hybridized carbons (Fsp3) is 0.500. The van der Waals surface area contributed by atoms with Crippen molar-refractivity contribution in [1.29, 1.82) is 0 Å². The van der Waals surface area contributed by atoms with E-state index in [0.29, 0.717) is 16.7 Å². The van der Waals surface area contributed by atoms with Crippen LogP contribution in [-0.4, -0.2) is 53.4 Å². The number of carbonyl (C=O) groups is 3. The highest BCUT2D eigenvalue weighted by Crippen LogP contribution is 2.38. The van der Waals surface area contributed by atoms with Crippen LogP contribution in [-0.2, 0) is 38.8 Å². The first kappa shape index (κ1) is 33.6. The minimum Gasteiger partial charge on any atom is -0.508 e. The zero-order chi connectivity index (χ0) is 31.5. The highest BCUT2D eigenvalue weighted by atomic mass is 19.4. The van der Waals surface area contributed by atoms with Gasteiger partial charge in [0.25, 0.3) is 0 Å². The third-order valence-corrected chi connectivity index (χ3v) is 7.59. The first-order valence-corrected chi connectivity index (χ1v) is 13.3. The van der Waals surface area contributed by atoms with Gasteiger partial charge < -0.3 is 26.8 Å². The standard InChI is InChI=1S/C30H41F3N4O4/c1-17(2)29(27(41)36-6,22(25(35)39)15-19-10-13-24(38)21(14-19)28(3,4)5)37(7)26(40)23(34)16-18-8-11-20(12-9-18)30(31,32)33/h8-14,17,22-23,38H,15-16,34H2,1-7H3,(H2,35,39)(H,36,41)/t22-,23?,29?/m1/s1. The molecule has 0 saturated heterocycles. The molecule has 3 amide bonds. The number of hydrogen-bond acceptors (Lipinski definition) is 5. The number of halogens is 3. The molecule has 2 unspecified atom stereocenters. The molecule has 0 aliphatic rings. The van der Waals surface area contributed by atoms with Crippen LogP contribution in [0.5, 0.6) is 5.75 Å². The summed E-state index contributed by atoms with van der Waals surface area (Å²) >= 11 is 0. The zero-order valence-electron chi connectivity index (χ0n) is 24.6. The van der Waals surface area contributed by atoms with E-state index in [1.807, 2.05) is 20.8 Å². The molecule has 226 valence electrons. The molecule has 6 N–H and O–H groups in total. The maximum atomic E-state index is 13.7. The maximum Gasteiger partial charge on any atom is 0.416 e. The molecular formula is C30H41F3N4O4. The zero-order valence-corrected chi connectivity index (χ0v) is 24.6. The van der Waals surface area contributed by atoms with Crippen LogP contribution in [0, 0.1) is 11.8 Å². The average molecular weight is 579 g/mol. The van der Waals surface area contributed by atoms with Crippen LogP contribution in [0.2, 0.25) is 0 Å². The summed E-state index contributed by atoms with van der Waals surface area (Å²) in [5, 5.41) is 13.0. The molecule has 0 radical (unpaired) electrons. The third-order valence-electron chi connectivity index (χ3n) is 7.59. The summed E-state index contributed by atoms with van der Waals surface area (Å²) in [5.41, 5.74) is 10.8. The number of carbonyl (C=O) groups excluding carboxylic acids is 3. The topological polar surface area (TPSA) is 139 Å². The SMILES string of the molecule is CNC(=O)C(C(C)C)([C@H](Cc1ccc(O)c(C(C)(C)C)c1)C(N)=O)N(C)C(=O)C(N)Cc1ccc(C(F)(F)F)cc1. The van der Waals surface area contributed by atoms with Crippen molar-refractivity contribution in [2.45, 2.75) is 70.6 Å². The number of rotatable bonds is 10. The van der Waals surface area contributed by atoms with Crippen LogP contribution in [0.3, 0.4) is 0 Å². The Morgan fingerprint density at radius 2 is 1.51 bits per heavy atom. The summed E-state index contributed by atoms with van der Waals surface area (Å²) < 4.78 is 38.9. The number of likely N-dealkylation sites (N-methyl/N-ethyl adjacent to an activating group) is 2. The van der Waals surface area contributed by atoms with Gasteiger partial charge >= 0.3 is 6.18 Å². The summed E-state index contributed by atoms with van der Waals surface area (Å²) in [6.07, 6.45) is -4.62. The lowest BCUT2D eigenvalue weighted by Gasteiger charge is -2.48. The molecule has 8 nitrogen and oxygen atoms in total. The normalized spacial score (nSPS) is 15.1. The van der Waals surface area contributed by atoms with Gasteiger partial charge in [-0.2, -0.15) is 13.2 Å². The summed E-state index contributed by atoms with van der Waals surface area (Å²) in [6.45, 7) is 9.14. The van der Waals surface area contributed by atoms with E-state index in [1.165, 1.54) is 32.3 Å². The Hall–Kier alpha value is -3.60. The average Bonchev–Trinajstić information content (AvgIpc) is 2.87. The fourth-order valence-corrected chi connectivity index (χ4v) is 5.42. The number of phenolic OH excluding ortho intramolecular Hbond substituents is 1. The molecule has 2 rings (SSSR count). The van der Waals surface area contributed by atoms with Crippen molar-refractivity contribution in [2.75, 3.05) is 14.1 Å². The fourth-order valence-electron chi connectivity index (χ4n) is 5.42. The molecule has 0 aromatic heterocycles. The minimum atomic E-state index is -4.50. The number of nitrogens with one attached hydrogen (secondary N) is 1. The first-order chi connectivity index (χ1) is 18.8. The number of aromatic hydroxyl groups is 1. The van der Waals surface area contributed by atoms with Crippen molar-refractivity contribution in [3.8, 4) is 5.75 Å². The molecule has 2 aromatic carbocycles. The van der Waals surface area contributed by atoms with Crippen LogP contribution in [0.4, 0.5) is 13.2 Å². The monoisotopic (exact) mass is 578 g/mol. The van der Waals surface area contributed by atoms with E-state index < -0.39 is 58.3 Å². The number of phenols is 1. The van der Waals surface area contributed by atoms with Gasteiger partial charge in [0.15, 0.2) is 0 Å². The minimum absolute atomic E-state index is 0.0178. The number of alkyl halides is 3. The summed E-state index contributed by atoms with van der Waals surface area (Å²) in [6, 6.07) is 7.97. The van der Waals surface area contributed by atoms with Crippen molar-refractivity contribution < 1.29 is 32.7 Å². The molecule has 0 fully saturated rings. The van der Waals surface area contributed by atoms with Crippen LogP contribution in [0.15, 0.2) is 42.5 Å². The predicted octanol–water partition coefficient (Wildman–Crippen LogP) is 3.52. The molecule has 11 heteroatoms. The van der Waals surface area contributed by atoms with Gasteiger partial charge in [-0.3, -0.25) is 14.4 Å². The Morgan fingerprint density at radius 3 is 1.95 bits per heavy atom. The first-order valence-electron chi connectivity index (χ1n) is 13.3. The molecular weight excluding hydrogens is 537 g/mol. The second kappa shape index (κ2) is 12.5. The molecule has 0 bridgehead atoms. The number of nitrogens with zero attached hydrogens (tertiary/aromatic N) is 1. The van der Waals surface area contributed by atoms with E-state index in [1.54, 1.807) is 26.0 Å². The van der Waals surface area contributed by atoms with Gasteiger partial charge in [0, 0.05) is 14.1 Å². The summed E-state index contributed by atoms with van der Waals surface area (Å²) in [4.78, 5) is 41.6. The van der Waals surface area contributed by atoms with E-state index in [9.17, 15) is 32.7 Å². The van der Waals surface area contributed by atoms with Gasteiger partial charge in [0.05, 0.1) is 17.5 Å². The summed E-state index contributed by atoms with van der Waals surface area (Å²) in [7, 11) is 2.76. The largest absolute Gasteiger partial charge is 0.508 e. The Labute approximate surface area is 239 Å². The van der Waals surface area contributed by atoms with Gasteiger partial charge in [-0.15, -0.1) is 0 Å². The second-order valence-electron chi connectivity index (χ2n) is 11.7. The predicted molar refractivity (Wildman–Crippen MR) is 151 cm³/mol. The van der Waals surface area contributed by atoms with Crippen molar-refractivity contribution in [1.82, 2.24) is 10.2 Å². The Kier molecular flexibility index (Phi) is 10.2. The second-order valence-corrected chi connectivity index (χ2v) is 11.7. The molecule has 3 atom stereocenters. The van der Waals surface area contributed by atoms with Gasteiger partial charge in [-0.1, -0.05) is 58.9 Å². The molecule has 0 aliphatic carbocycles. The lowest BCUT2D eigenvalue weighted by atomic mass is 9.69. The molecule has 2 aromatic rings. The number of nitrogens with two attached hydrogens (primary N) is 2. The van der Waals surface area contributed by atoms with E-state index in [0.717, 1.165) is 17.0 Å². The number of amides is 3. The summed E-state index contributed by atoms with van der Waals surface area (Å²) in [5.74, 6) is -3.86. The van der Waals surface area contributed by atoms with Gasteiger partial charge in [0.2, 0.25) is 17.7 Å². The van der Waals surface area contributed by atoms with Crippen molar-refractivity contribution >= 4 is 17.7 Å². The number of hydrogen-bond donors (Lipinski definition) is 4. The van der Waals surface area contributed by atoms with Crippen LogP contribution >= 0.6 is 0 Å².